The van der Waals surface area contributed by atoms with Gasteiger partial charge in [0.1, 0.15) is 11.9 Å². The van der Waals surface area contributed by atoms with Crippen LogP contribution in [0.1, 0.15) is 49.9 Å². The molecule has 2 rings (SSSR count). The van der Waals surface area contributed by atoms with Gasteiger partial charge < -0.3 is 5.32 Å². The van der Waals surface area contributed by atoms with Crippen LogP contribution in [0.4, 0.5) is 5.82 Å². The van der Waals surface area contributed by atoms with Gasteiger partial charge in [0.2, 0.25) is 0 Å². The van der Waals surface area contributed by atoms with Crippen molar-refractivity contribution in [2.75, 3.05) is 11.9 Å². The number of hydrogen-bond donors (Lipinski definition) is 1. The van der Waals surface area contributed by atoms with E-state index < -0.39 is 0 Å². The normalized spacial score (nSPS) is 17.9. The number of rotatable bonds is 4. The summed E-state index contributed by atoms with van der Waals surface area (Å²) < 4.78 is 0. The molecule has 1 aliphatic rings. The molecule has 96 valence electrons. The molecule has 0 amide bonds. The van der Waals surface area contributed by atoms with Crippen LogP contribution in [-0.4, -0.2) is 11.5 Å². The third kappa shape index (κ3) is 2.64. The number of anilines is 1. The van der Waals surface area contributed by atoms with Crippen molar-refractivity contribution < 1.29 is 0 Å². The van der Waals surface area contributed by atoms with Gasteiger partial charge in [0.25, 0.3) is 0 Å². The highest BCUT2D eigenvalue weighted by Crippen LogP contribution is 2.29. The van der Waals surface area contributed by atoms with E-state index in [-0.39, 0.29) is 0 Å². The van der Waals surface area contributed by atoms with Gasteiger partial charge >= 0.3 is 0 Å². The zero-order chi connectivity index (χ0) is 13.0. The molecule has 1 atom stereocenters. The molecule has 1 aliphatic carbocycles. The van der Waals surface area contributed by atoms with E-state index in [4.69, 9.17) is 0 Å². The average molecular weight is 243 g/mol. The highest BCUT2D eigenvalue weighted by atomic mass is 15.0. The van der Waals surface area contributed by atoms with Gasteiger partial charge in [0.15, 0.2) is 0 Å². The molecule has 18 heavy (non-hydrogen) atoms. The quantitative estimate of drug-likeness (QED) is 0.882. The molecule has 0 saturated carbocycles. The van der Waals surface area contributed by atoms with Crippen LogP contribution in [0.15, 0.2) is 6.07 Å². The molecule has 1 heterocycles. The summed E-state index contributed by atoms with van der Waals surface area (Å²) in [6.45, 7) is 5.07. The van der Waals surface area contributed by atoms with Gasteiger partial charge in [-0.3, -0.25) is 0 Å². The third-order valence-corrected chi connectivity index (χ3v) is 3.65. The fourth-order valence-electron chi connectivity index (χ4n) is 2.78. The lowest BCUT2D eigenvalue weighted by atomic mass is 9.83. The average Bonchev–Trinajstić information content (AvgIpc) is 2.39. The summed E-state index contributed by atoms with van der Waals surface area (Å²) in [6.07, 6.45) is 5.93. The molecule has 0 spiro atoms. The SMILES string of the molecule is CCCC1CCc2nc(NCC)c(C#N)cc2C1. The second-order valence-corrected chi connectivity index (χ2v) is 5.03. The van der Waals surface area contributed by atoms with Gasteiger partial charge in [-0.05, 0) is 43.7 Å². The minimum absolute atomic E-state index is 0.688. The third-order valence-electron chi connectivity index (χ3n) is 3.65. The summed E-state index contributed by atoms with van der Waals surface area (Å²) in [5, 5.41) is 12.4. The molecule has 3 nitrogen and oxygen atoms in total. The maximum Gasteiger partial charge on any atom is 0.144 e. The standard InChI is InChI=1S/C15H21N3/c1-3-5-11-6-7-14-12(8-11)9-13(10-16)15(18-14)17-4-2/h9,11H,3-8H2,1-2H3,(H,17,18). The van der Waals surface area contributed by atoms with Crippen LogP contribution in [0, 0.1) is 17.2 Å². The van der Waals surface area contributed by atoms with Crippen molar-refractivity contribution >= 4 is 5.82 Å². The number of aryl methyl sites for hydroxylation is 1. The van der Waals surface area contributed by atoms with Gasteiger partial charge in [-0.15, -0.1) is 0 Å². The van der Waals surface area contributed by atoms with Gasteiger partial charge in [0, 0.05) is 12.2 Å². The predicted molar refractivity (Wildman–Crippen MR) is 73.5 cm³/mol. The van der Waals surface area contributed by atoms with Crippen molar-refractivity contribution in [3.05, 3.63) is 22.9 Å². The Morgan fingerprint density at radius 1 is 1.50 bits per heavy atom. The number of hydrogen-bond acceptors (Lipinski definition) is 3. The second-order valence-electron chi connectivity index (χ2n) is 5.03. The van der Waals surface area contributed by atoms with E-state index in [1.165, 1.54) is 30.5 Å². The van der Waals surface area contributed by atoms with Gasteiger partial charge in [-0.25, -0.2) is 4.98 Å². The van der Waals surface area contributed by atoms with Crippen molar-refractivity contribution in [3.63, 3.8) is 0 Å². The summed E-state index contributed by atoms with van der Waals surface area (Å²) in [7, 11) is 0. The van der Waals surface area contributed by atoms with E-state index >= 15 is 0 Å². The summed E-state index contributed by atoms with van der Waals surface area (Å²) in [6, 6.07) is 4.30. The molecule has 1 aromatic heterocycles. The maximum atomic E-state index is 9.19. The molecule has 1 N–H and O–H groups in total. The van der Waals surface area contributed by atoms with Crippen molar-refractivity contribution in [1.82, 2.24) is 4.98 Å². The summed E-state index contributed by atoms with van der Waals surface area (Å²) in [5.74, 6) is 1.54. The number of nitriles is 1. The lowest BCUT2D eigenvalue weighted by Gasteiger charge is -2.24. The first-order chi connectivity index (χ1) is 8.78. The Morgan fingerprint density at radius 2 is 2.33 bits per heavy atom. The Labute approximate surface area is 109 Å². The van der Waals surface area contributed by atoms with Gasteiger partial charge in [-0.2, -0.15) is 5.26 Å². The molecule has 0 aliphatic heterocycles. The zero-order valence-corrected chi connectivity index (χ0v) is 11.3. The first-order valence-corrected chi connectivity index (χ1v) is 6.95. The molecular formula is C15H21N3. The van der Waals surface area contributed by atoms with Crippen molar-refractivity contribution in [2.45, 2.75) is 46.0 Å². The highest BCUT2D eigenvalue weighted by Gasteiger charge is 2.21. The minimum atomic E-state index is 0.688. The fourth-order valence-corrected chi connectivity index (χ4v) is 2.78. The molecule has 0 aromatic carbocycles. The molecule has 1 unspecified atom stereocenters. The van der Waals surface area contributed by atoms with E-state index in [9.17, 15) is 5.26 Å². The predicted octanol–water partition coefficient (Wildman–Crippen LogP) is 3.29. The first-order valence-electron chi connectivity index (χ1n) is 6.95. The molecule has 0 saturated heterocycles. The number of nitrogens with zero attached hydrogens (tertiary/aromatic N) is 2. The van der Waals surface area contributed by atoms with E-state index in [0.29, 0.717) is 5.56 Å². The first kappa shape index (κ1) is 12.9. The zero-order valence-electron chi connectivity index (χ0n) is 11.3. The van der Waals surface area contributed by atoms with Crippen LogP contribution >= 0.6 is 0 Å². The highest BCUT2D eigenvalue weighted by molar-refractivity contribution is 5.54. The molecule has 0 radical (unpaired) electrons. The van der Waals surface area contributed by atoms with Crippen LogP contribution in [0.25, 0.3) is 0 Å². The lowest BCUT2D eigenvalue weighted by Crippen LogP contribution is -2.17. The van der Waals surface area contributed by atoms with E-state index in [1.54, 1.807) is 0 Å². The molecule has 3 heteroatoms. The number of nitrogens with one attached hydrogen (secondary N) is 1. The minimum Gasteiger partial charge on any atom is -0.369 e. The monoisotopic (exact) mass is 243 g/mol. The van der Waals surface area contributed by atoms with Crippen LogP contribution in [0.5, 0.6) is 0 Å². The molecular weight excluding hydrogens is 222 g/mol. The Balaban J connectivity index is 2.27. The molecule has 0 fully saturated rings. The Kier molecular flexibility index (Phi) is 4.19. The van der Waals surface area contributed by atoms with Crippen LogP contribution in [0.2, 0.25) is 0 Å². The second kappa shape index (κ2) is 5.86. The van der Waals surface area contributed by atoms with Gasteiger partial charge in [-0.1, -0.05) is 19.8 Å². The van der Waals surface area contributed by atoms with E-state index in [1.807, 2.05) is 13.0 Å². The lowest BCUT2D eigenvalue weighted by molar-refractivity contribution is 0.418. The largest absolute Gasteiger partial charge is 0.369 e. The number of pyridine rings is 1. The smallest absolute Gasteiger partial charge is 0.144 e. The summed E-state index contributed by atoms with van der Waals surface area (Å²) >= 11 is 0. The molecule has 1 aromatic rings. The van der Waals surface area contributed by atoms with Crippen molar-refractivity contribution in [1.29, 1.82) is 5.26 Å². The maximum absolute atomic E-state index is 9.19. The van der Waals surface area contributed by atoms with E-state index in [0.717, 1.165) is 31.1 Å². The summed E-state index contributed by atoms with van der Waals surface area (Å²) in [5.41, 5.74) is 3.17. The van der Waals surface area contributed by atoms with Crippen molar-refractivity contribution in [2.24, 2.45) is 5.92 Å². The van der Waals surface area contributed by atoms with Crippen molar-refractivity contribution in [3.8, 4) is 6.07 Å². The Hall–Kier alpha value is -1.56. The van der Waals surface area contributed by atoms with Crippen LogP contribution in [0.3, 0.4) is 0 Å². The van der Waals surface area contributed by atoms with Gasteiger partial charge in [0.05, 0.1) is 5.56 Å². The fraction of sp³-hybridized carbons (Fsp3) is 0.600. The summed E-state index contributed by atoms with van der Waals surface area (Å²) in [4.78, 5) is 4.63. The Morgan fingerprint density at radius 3 is 3.00 bits per heavy atom. The number of fused-ring (bicyclic) bond motifs is 1. The molecule has 0 bridgehead atoms. The van der Waals surface area contributed by atoms with Crippen LogP contribution in [-0.2, 0) is 12.8 Å². The van der Waals surface area contributed by atoms with E-state index in [2.05, 4.69) is 23.3 Å². The topological polar surface area (TPSA) is 48.7 Å². The number of aromatic nitrogens is 1. The van der Waals surface area contributed by atoms with Crippen LogP contribution < -0.4 is 5.32 Å². The Bertz CT molecular complexity index is 460.